The summed E-state index contributed by atoms with van der Waals surface area (Å²) in [5, 5.41) is 2.89. The molecule has 1 saturated heterocycles. The standard InChI is InChI=1S/C20H22N2O2/c23-20(11-8-17-4-2-1-3-5-17)21-19-9-6-18(7-10-19)16-22-12-14-24-15-13-22/h1-11H,12-16H2,(H,21,23)/p+1/b11-8+. The van der Waals surface area contributed by atoms with Crippen molar-refractivity contribution in [3.8, 4) is 0 Å². The average Bonchev–Trinajstić information content (AvgIpc) is 2.63. The van der Waals surface area contributed by atoms with Gasteiger partial charge in [-0.25, -0.2) is 0 Å². The van der Waals surface area contributed by atoms with Crippen molar-refractivity contribution >= 4 is 17.7 Å². The highest BCUT2D eigenvalue weighted by Gasteiger charge is 2.13. The van der Waals surface area contributed by atoms with Crippen LogP contribution in [0.3, 0.4) is 0 Å². The van der Waals surface area contributed by atoms with Crippen LogP contribution < -0.4 is 10.2 Å². The molecule has 0 unspecified atom stereocenters. The van der Waals surface area contributed by atoms with E-state index in [4.69, 9.17) is 4.74 Å². The summed E-state index contributed by atoms with van der Waals surface area (Å²) in [6.07, 6.45) is 3.37. The minimum Gasteiger partial charge on any atom is -0.370 e. The van der Waals surface area contributed by atoms with E-state index < -0.39 is 0 Å². The molecule has 0 spiro atoms. The Morgan fingerprint density at radius 3 is 2.46 bits per heavy atom. The Morgan fingerprint density at radius 1 is 1.04 bits per heavy atom. The lowest BCUT2D eigenvalue weighted by Gasteiger charge is -2.23. The molecule has 1 aliphatic heterocycles. The topological polar surface area (TPSA) is 42.8 Å². The van der Waals surface area contributed by atoms with E-state index in [9.17, 15) is 4.79 Å². The van der Waals surface area contributed by atoms with E-state index >= 15 is 0 Å². The molecule has 124 valence electrons. The van der Waals surface area contributed by atoms with E-state index in [0.717, 1.165) is 44.1 Å². The largest absolute Gasteiger partial charge is 0.370 e. The summed E-state index contributed by atoms with van der Waals surface area (Å²) < 4.78 is 5.38. The highest BCUT2D eigenvalue weighted by molar-refractivity contribution is 6.01. The normalized spacial score (nSPS) is 15.5. The lowest BCUT2D eigenvalue weighted by Crippen LogP contribution is -3.12. The van der Waals surface area contributed by atoms with Gasteiger partial charge in [0, 0.05) is 17.3 Å². The number of rotatable bonds is 5. The number of nitrogens with one attached hydrogen (secondary N) is 2. The van der Waals surface area contributed by atoms with Crippen LogP contribution >= 0.6 is 0 Å². The van der Waals surface area contributed by atoms with Gasteiger partial charge in [-0.05, 0) is 23.8 Å². The Labute approximate surface area is 142 Å². The van der Waals surface area contributed by atoms with Gasteiger partial charge in [-0.15, -0.1) is 0 Å². The van der Waals surface area contributed by atoms with Crippen molar-refractivity contribution in [3.63, 3.8) is 0 Å². The van der Waals surface area contributed by atoms with Crippen molar-refractivity contribution in [1.29, 1.82) is 0 Å². The first kappa shape index (κ1) is 16.4. The molecule has 0 radical (unpaired) electrons. The van der Waals surface area contributed by atoms with E-state index in [1.54, 1.807) is 11.0 Å². The van der Waals surface area contributed by atoms with Crippen LogP contribution in [0, 0.1) is 0 Å². The maximum Gasteiger partial charge on any atom is 0.248 e. The number of ether oxygens (including phenoxy) is 1. The van der Waals surface area contributed by atoms with Gasteiger partial charge in [-0.2, -0.15) is 0 Å². The molecule has 0 aromatic heterocycles. The summed E-state index contributed by atoms with van der Waals surface area (Å²) in [7, 11) is 0. The molecule has 2 aromatic carbocycles. The van der Waals surface area contributed by atoms with Crippen molar-refractivity contribution in [2.45, 2.75) is 6.54 Å². The molecule has 24 heavy (non-hydrogen) atoms. The zero-order valence-corrected chi connectivity index (χ0v) is 13.7. The number of hydrogen-bond acceptors (Lipinski definition) is 2. The van der Waals surface area contributed by atoms with Crippen LogP contribution in [-0.4, -0.2) is 32.2 Å². The molecule has 1 aliphatic rings. The molecule has 1 fully saturated rings. The molecular formula is C20H23N2O2+. The van der Waals surface area contributed by atoms with E-state index in [1.807, 2.05) is 48.5 Å². The van der Waals surface area contributed by atoms with Crippen molar-refractivity contribution in [3.05, 3.63) is 71.8 Å². The number of anilines is 1. The second-order valence-corrected chi connectivity index (χ2v) is 5.97. The number of quaternary nitrogens is 1. The maximum absolute atomic E-state index is 12.0. The predicted molar refractivity (Wildman–Crippen MR) is 95.8 cm³/mol. The minimum atomic E-state index is -0.120. The maximum atomic E-state index is 12.0. The number of hydrogen-bond donors (Lipinski definition) is 2. The zero-order chi connectivity index (χ0) is 16.6. The number of carbonyl (C=O) groups excluding carboxylic acids is 1. The molecule has 3 rings (SSSR count). The smallest absolute Gasteiger partial charge is 0.248 e. The Bertz CT molecular complexity index is 675. The Balaban J connectivity index is 1.51. The van der Waals surface area contributed by atoms with Gasteiger partial charge in [-0.3, -0.25) is 4.79 Å². The number of morpholine rings is 1. The summed E-state index contributed by atoms with van der Waals surface area (Å²) >= 11 is 0. The fourth-order valence-electron chi connectivity index (χ4n) is 2.75. The molecule has 4 nitrogen and oxygen atoms in total. The summed E-state index contributed by atoms with van der Waals surface area (Å²) in [5.41, 5.74) is 3.11. The fraction of sp³-hybridized carbons (Fsp3) is 0.250. The van der Waals surface area contributed by atoms with Crippen molar-refractivity contribution < 1.29 is 14.4 Å². The first-order valence-corrected chi connectivity index (χ1v) is 8.34. The van der Waals surface area contributed by atoms with Gasteiger partial charge in [0.05, 0.1) is 13.2 Å². The van der Waals surface area contributed by atoms with Gasteiger partial charge in [0.25, 0.3) is 0 Å². The third-order valence-electron chi connectivity index (χ3n) is 4.10. The average molecular weight is 323 g/mol. The van der Waals surface area contributed by atoms with Gasteiger partial charge in [0.15, 0.2) is 0 Å². The Hall–Kier alpha value is -2.43. The van der Waals surface area contributed by atoms with Crippen LogP contribution in [0.2, 0.25) is 0 Å². The van der Waals surface area contributed by atoms with Crippen molar-refractivity contribution in [2.24, 2.45) is 0 Å². The quantitative estimate of drug-likeness (QED) is 0.824. The number of benzene rings is 2. The highest BCUT2D eigenvalue weighted by Crippen LogP contribution is 2.09. The molecule has 2 N–H and O–H groups in total. The second kappa shape index (κ2) is 8.43. The fourth-order valence-corrected chi connectivity index (χ4v) is 2.75. The van der Waals surface area contributed by atoms with E-state index in [-0.39, 0.29) is 5.91 Å². The molecule has 4 heteroatoms. The molecule has 2 aromatic rings. The van der Waals surface area contributed by atoms with Crippen molar-refractivity contribution in [1.82, 2.24) is 0 Å². The van der Waals surface area contributed by atoms with Gasteiger partial charge >= 0.3 is 0 Å². The van der Waals surface area contributed by atoms with Crippen LogP contribution in [0.1, 0.15) is 11.1 Å². The summed E-state index contributed by atoms with van der Waals surface area (Å²) in [6, 6.07) is 17.9. The molecule has 0 bridgehead atoms. The number of carbonyl (C=O) groups is 1. The Morgan fingerprint density at radius 2 is 1.75 bits per heavy atom. The summed E-state index contributed by atoms with van der Waals surface area (Å²) in [6.45, 7) is 4.81. The van der Waals surface area contributed by atoms with Crippen LogP contribution in [0.5, 0.6) is 0 Å². The zero-order valence-electron chi connectivity index (χ0n) is 13.7. The molecule has 0 atom stereocenters. The summed E-state index contributed by atoms with van der Waals surface area (Å²) in [5.74, 6) is -0.120. The van der Waals surface area contributed by atoms with Crippen LogP contribution in [0.15, 0.2) is 60.7 Å². The third-order valence-corrected chi connectivity index (χ3v) is 4.10. The molecule has 0 aliphatic carbocycles. The van der Waals surface area contributed by atoms with Crippen LogP contribution in [-0.2, 0) is 16.1 Å². The predicted octanol–water partition coefficient (Wildman–Crippen LogP) is 1.75. The lowest BCUT2D eigenvalue weighted by atomic mass is 10.2. The number of amides is 1. The van der Waals surface area contributed by atoms with Crippen LogP contribution in [0.4, 0.5) is 5.69 Å². The van der Waals surface area contributed by atoms with Gasteiger partial charge in [-0.1, -0.05) is 42.5 Å². The SMILES string of the molecule is O=C(/C=C/c1ccccc1)Nc1ccc(C[NH+]2CCOCC2)cc1. The first-order valence-electron chi connectivity index (χ1n) is 8.34. The van der Waals surface area contributed by atoms with Gasteiger partial charge in [0.2, 0.25) is 5.91 Å². The van der Waals surface area contributed by atoms with Crippen molar-refractivity contribution in [2.75, 3.05) is 31.6 Å². The second-order valence-electron chi connectivity index (χ2n) is 5.97. The third kappa shape index (κ3) is 5.05. The van der Waals surface area contributed by atoms with Gasteiger partial charge in [0.1, 0.15) is 19.6 Å². The van der Waals surface area contributed by atoms with E-state index in [0.29, 0.717) is 0 Å². The van der Waals surface area contributed by atoms with E-state index in [1.165, 1.54) is 5.56 Å². The first-order chi connectivity index (χ1) is 11.8. The van der Waals surface area contributed by atoms with Crippen LogP contribution in [0.25, 0.3) is 6.08 Å². The monoisotopic (exact) mass is 323 g/mol. The molecule has 1 heterocycles. The minimum absolute atomic E-state index is 0.120. The lowest BCUT2D eigenvalue weighted by molar-refractivity contribution is -0.921. The van der Waals surface area contributed by atoms with Gasteiger partial charge < -0.3 is 15.0 Å². The van der Waals surface area contributed by atoms with E-state index in [2.05, 4.69) is 17.4 Å². The molecular weight excluding hydrogens is 300 g/mol. The highest BCUT2D eigenvalue weighted by atomic mass is 16.5. The molecule has 0 saturated carbocycles. The Kier molecular flexibility index (Phi) is 5.77. The summed E-state index contributed by atoms with van der Waals surface area (Å²) in [4.78, 5) is 13.5. The molecule has 1 amide bonds.